The van der Waals surface area contributed by atoms with Crippen LogP contribution in [0.3, 0.4) is 0 Å². The van der Waals surface area contributed by atoms with Crippen molar-refractivity contribution in [2.24, 2.45) is 0 Å². The summed E-state index contributed by atoms with van der Waals surface area (Å²) in [5.74, 6) is 0. The van der Waals surface area contributed by atoms with Crippen molar-refractivity contribution in [1.82, 2.24) is 0 Å². The van der Waals surface area contributed by atoms with Gasteiger partial charge in [0, 0.05) is 0 Å². The lowest BCUT2D eigenvalue weighted by Crippen LogP contribution is -2.05. The van der Waals surface area contributed by atoms with E-state index in [-0.39, 0.29) is 5.56 Å². The van der Waals surface area contributed by atoms with E-state index in [4.69, 9.17) is 0 Å². The van der Waals surface area contributed by atoms with Gasteiger partial charge in [0.2, 0.25) is 0 Å². The first kappa shape index (κ1) is 10.0. The van der Waals surface area contributed by atoms with Gasteiger partial charge < -0.3 is 0 Å². The molecular formula is C9H8F4. The van der Waals surface area contributed by atoms with Crippen LogP contribution in [0.1, 0.15) is 16.7 Å². The molecule has 0 fully saturated rings. The number of alkyl halides is 4. The zero-order chi connectivity index (χ0) is 10.1. The van der Waals surface area contributed by atoms with E-state index >= 15 is 0 Å². The summed E-state index contributed by atoms with van der Waals surface area (Å²) in [6.07, 6.45) is -4.39. The van der Waals surface area contributed by atoms with Gasteiger partial charge in [-0.1, -0.05) is 6.07 Å². The smallest absolute Gasteiger partial charge is 0.246 e. The Hall–Kier alpha value is -1.06. The van der Waals surface area contributed by atoms with Gasteiger partial charge in [0.15, 0.2) is 0 Å². The fourth-order valence-electron chi connectivity index (χ4n) is 0.992. The van der Waals surface area contributed by atoms with Crippen molar-refractivity contribution in [3.05, 3.63) is 34.9 Å². The minimum absolute atomic E-state index is 0.0924. The largest absolute Gasteiger partial charge is 0.416 e. The Kier molecular flexibility index (Phi) is 2.59. The maximum Gasteiger partial charge on any atom is 0.416 e. The Bertz CT molecular complexity index is 301. The Morgan fingerprint density at radius 3 is 2.31 bits per heavy atom. The molecule has 72 valence electrons. The van der Waals surface area contributed by atoms with E-state index in [0.717, 1.165) is 12.1 Å². The Morgan fingerprint density at radius 1 is 1.23 bits per heavy atom. The van der Waals surface area contributed by atoms with Gasteiger partial charge >= 0.3 is 6.18 Å². The first-order chi connectivity index (χ1) is 5.95. The molecule has 1 aromatic rings. The van der Waals surface area contributed by atoms with E-state index in [1.54, 1.807) is 6.92 Å². The summed E-state index contributed by atoms with van der Waals surface area (Å²) in [7, 11) is 0. The molecular weight excluding hydrogens is 184 g/mol. The molecule has 0 atom stereocenters. The number of halogens is 4. The zero-order valence-corrected chi connectivity index (χ0v) is 6.95. The van der Waals surface area contributed by atoms with Crippen LogP contribution < -0.4 is 0 Å². The van der Waals surface area contributed by atoms with E-state index < -0.39 is 18.4 Å². The highest BCUT2D eigenvalue weighted by molar-refractivity contribution is 5.32. The molecule has 0 radical (unpaired) electrons. The van der Waals surface area contributed by atoms with Crippen molar-refractivity contribution in [3.63, 3.8) is 0 Å². The molecule has 0 bridgehead atoms. The predicted octanol–water partition coefficient (Wildman–Crippen LogP) is 3.48. The van der Waals surface area contributed by atoms with Crippen molar-refractivity contribution in [2.45, 2.75) is 19.8 Å². The van der Waals surface area contributed by atoms with E-state index in [9.17, 15) is 17.6 Å². The Labute approximate surface area is 73.2 Å². The average molecular weight is 192 g/mol. The second kappa shape index (κ2) is 3.36. The molecule has 13 heavy (non-hydrogen) atoms. The third kappa shape index (κ3) is 2.20. The van der Waals surface area contributed by atoms with E-state index in [1.165, 1.54) is 6.07 Å². The van der Waals surface area contributed by atoms with Gasteiger partial charge in [0.1, 0.15) is 6.67 Å². The van der Waals surface area contributed by atoms with Crippen molar-refractivity contribution >= 4 is 0 Å². The molecule has 0 saturated heterocycles. The molecule has 0 N–H and O–H groups in total. The van der Waals surface area contributed by atoms with Gasteiger partial charge in [-0.2, -0.15) is 13.2 Å². The van der Waals surface area contributed by atoms with Gasteiger partial charge in [-0.05, 0) is 30.2 Å². The predicted molar refractivity (Wildman–Crippen MR) is 41.0 cm³/mol. The molecule has 0 aliphatic heterocycles. The minimum atomic E-state index is -4.39. The van der Waals surface area contributed by atoms with Crippen LogP contribution in [-0.2, 0) is 12.9 Å². The molecule has 4 heteroatoms. The average Bonchev–Trinajstić information content (AvgIpc) is 2.03. The molecule has 0 spiro atoms. The monoisotopic (exact) mass is 192 g/mol. The van der Waals surface area contributed by atoms with Crippen LogP contribution in [0, 0.1) is 6.92 Å². The van der Waals surface area contributed by atoms with Crippen LogP contribution in [0.4, 0.5) is 17.6 Å². The summed E-state index contributed by atoms with van der Waals surface area (Å²) >= 11 is 0. The number of hydrogen-bond donors (Lipinski definition) is 0. The second-order valence-electron chi connectivity index (χ2n) is 2.77. The van der Waals surface area contributed by atoms with Crippen molar-refractivity contribution < 1.29 is 17.6 Å². The summed E-state index contributed by atoms with van der Waals surface area (Å²) < 4.78 is 48.5. The first-order valence-corrected chi connectivity index (χ1v) is 3.68. The van der Waals surface area contributed by atoms with E-state index in [1.807, 2.05) is 0 Å². The molecule has 0 saturated carbocycles. The van der Waals surface area contributed by atoms with Crippen molar-refractivity contribution in [3.8, 4) is 0 Å². The molecule has 0 aromatic heterocycles. The maximum atomic E-state index is 12.2. The van der Waals surface area contributed by atoms with E-state index in [2.05, 4.69) is 0 Å². The third-order valence-electron chi connectivity index (χ3n) is 1.82. The summed E-state index contributed by atoms with van der Waals surface area (Å²) in [5, 5.41) is 0. The van der Waals surface area contributed by atoms with Gasteiger partial charge in [-0.25, -0.2) is 4.39 Å². The van der Waals surface area contributed by atoms with Gasteiger partial charge in [0.25, 0.3) is 0 Å². The number of rotatable bonds is 1. The number of benzene rings is 1. The van der Waals surface area contributed by atoms with Gasteiger partial charge in [0.05, 0.1) is 5.56 Å². The minimum Gasteiger partial charge on any atom is -0.246 e. The number of hydrogen-bond acceptors (Lipinski definition) is 0. The molecule has 0 heterocycles. The van der Waals surface area contributed by atoms with Crippen LogP contribution in [-0.4, -0.2) is 0 Å². The van der Waals surface area contributed by atoms with Gasteiger partial charge in [-0.15, -0.1) is 0 Å². The Balaban J connectivity index is 3.14. The highest BCUT2D eigenvalue weighted by Crippen LogP contribution is 2.30. The standard InChI is InChI=1S/C9H8F4/c1-6-2-3-8(9(11,12)13)4-7(6)5-10/h2-4H,5H2,1H3. The lowest BCUT2D eigenvalue weighted by atomic mass is 10.1. The normalized spacial score (nSPS) is 11.8. The summed E-state index contributed by atoms with van der Waals surface area (Å²) in [4.78, 5) is 0. The molecule has 0 unspecified atom stereocenters. The quantitative estimate of drug-likeness (QED) is 0.597. The summed E-state index contributed by atoms with van der Waals surface area (Å²) in [6, 6.07) is 3.07. The fraction of sp³-hybridized carbons (Fsp3) is 0.333. The highest BCUT2D eigenvalue weighted by Gasteiger charge is 2.30. The molecule has 1 rings (SSSR count). The van der Waals surface area contributed by atoms with Crippen LogP contribution in [0.25, 0.3) is 0 Å². The first-order valence-electron chi connectivity index (χ1n) is 3.68. The van der Waals surface area contributed by atoms with Crippen molar-refractivity contribution in [1.29, 1.82) is 0 Å². The van der Waals surface area contributed by atoms with E-state index in [0.29, 0.717) is 5.56 Å². The highest BCUT2D eigenvalue weighted by atomic mass is 19.4. The molecule has 0 amide bonds. The third-order valence-corrected chi connectivity index (χ3v) is 1.82. The fourth-order valence-corrected chi connectivity index (χ4v) is 0.992. The molecule has 0 aliphatic rings. The lowest BCUT2D eigenvalue weighted by molar-refractivity contribution is -0.137. The van der Waals surface area contributed by atoms with Crippen LogP contribution >= 0.6 is 0 Å². The zero-order valence-electron chi connectivity index (χ0n) is 6.95. The second-order valence-corrected chi connectivity index (χ2v) is 2.77. The van der Waals surface area contributed by atoms with Crippen molar-refractivity contribution in [2.75, 3.05) is 0 Å². The summed E-state index contributed by atoms with van der Waals surface area (Å²) in [5.41, 5.74) is -0.170. The maximum absolute atomic E-state index is 12.2. The van der Waals surface area contributed by atoms with Gasteiger partial charge in [-0.3, -0.25) is 0 Å². The van der Waals surface area contributed by atoms with Crippen LogP contribution in [0.15, 0.2) is 18.2 Å². The SMILES string of the molecule is Cc1ccc(C(F)(F)F)cc1CF. The topological polar surface area (TPSA) is 0 Å². The molecule has 1 aromatic carbocycles. The lowest BCUT2D eigenvalue weighted by Gasteiger charge is -2.08. The summed E-state index contributed by atoms with van der Waals surface area (Å²) in [6.45, 7) is 0.713. The van der Waals surface area contributed by atoms with Crippen LogP contribution in [0.5, 0.6) is 0 Å². The Morgan fingerprint density at radius 2 is 1.85 bits per heavy atom. The molecule has 0 nitrogen and oxygen atoms in total. The molecule has 0 aliphatic carbocycles. The number of aryl methyl sites for hydroxylation is 1. The van der Waals surface area contributed by atoms with Crippen LogP contribution in [0.2, 0.25) is 0 Å².